The molecular weight excluding hydrogens is 324 g/mol. The first-order valence-corrected chi connectivity index (χ1v) is 7.60. The van der Waals surface area contributed by atoms with Crippen LogP contribution in [0.1, 0.15) is 31.2 Å². The number of hydrogen-bond donors (Lipinski definition) is 1. The van der Waals surface area contributed by atoms with Gasteiger partial charge in [-0.15, -0.1) is 0 Å². The number of halogens is 1. The van der Waals surface area contributed by atoms with Crippen LogP contribution in [0.15, 0.2) is 16.6 Å². The second-order valence-corrected chi connectivity index (χ2v) is 5.97. The van der Waals surface area contributed by atoms with Crippen LogP contribution in [0.5, 0.6) is 11.5 Å². The van der Waals surface area contributed by atoms with Crippen molar-refractivity contribution in [1.82, 2.24) is 0 Å². The molecule has 4 nitrogen and oxygen atoms in total. The molecule has 5 heteroatoms. The monoisotopic (exact) mass is 342 g/mol. The smallest absolute Gasteiger partial charge is 0.303 e. The van der Waals surface area contributed by atoms with Crippen LogP contribution in [-0.4, -0.2) is 24.8 Å². The molecule has 110 valence electrons. The number of rotatable bonds is 8. The van der Waals surface area contributed by atoms with Crippen LogP contribution in [0, 0.1) is 5.92 Å². The number of aliphatic carboxylic acids is 1. The molecule has 1 fully saturated rings. The summed E-state index contributed by atoms with van der Waals surface area (Å²) in [6.45, 7) is 0.724. The number of methoxy groups -OCH3 is 1. The van der Waals surface area contributed by atoms with Gasteiger partial charge < -0.3 is 14.6 Å². The summed E-state index contributed by atoms with van der Waals surface area (Å²) < 4.78 is 12.0. The van der Waals surface area contributed by atoms with Gasteiger partial charge in [0.1, 0.15) is 0 Å². The standard InChI is InChI=1S/C15H19BrO4/c1-19-15-12(16)7-11(3-2-4-14(17)18)8-13(15)20-9-10-5-6-10/h7-8,10H,2-6,9H2,1H3,(H,17,18). The number of ether oxygens (including phenoxy) is 2. The van der Waals surface area contributed by atoms with E-state index in [1.165, 1.54) is 12.8 Å². The summed E-state index contributed by atoms with van der Waals surface area (Å²) in [5.41, 5.74) is 1.06. The van der Waals surface area contributed by atoms with Crippen LogP contribution < -0.4 is 9.47 Å². The second-order valence-electron chi connectivity index (χ2n) is 5.11. The Hall–Kier alpha value is -1.23. The highest BCUT2D eigenvalue weighted by atomic mass is 79.9. The van der Waals surface area contributed by atoms with Crippen molar-refractivity contribution >= 4 is 21.9 Å². The molecule has 1 aromatic carbocycles. The Kier molecular flexibility index (Phi) is 5.29. The summed E-state index contributed by atoms with van der Waals surface area (Å²) in [6.07, 6.45) is 4.00. The van der Waals surface area contributed by atoms with Gasteiger partial charge in [0.05, 0.1) is 18.2 Å². The molecule has 1 saturated carbocycles. The predicted octanol–water partition coefficient (Wildman–Crippen LogP) is 3.65. The highest BCUT2D eigenvalue weighted by Crippen LogP contribution is 2.38. The zero-order valence-corrected chi connectivity index (χ0v) is 13.1. The Morgan fingerprint density at radius 3 is 2.80 bits per heavy atom. The molecule has 0 spiro atoms. The fourth-order valence-electron chi connectivity index (χ4n) is 2.01. The van der Waals surface area contributed by atoms with Gasteiger partial charge in [0.15, 0.2) is 11.5 Å². The third kappa shape index (κ3) is 4.40. The quantitative estimate of drug-likeness (QED) is 0.783. The first kappa shape index (κ1) is 15.2. The average molecular weight is 343 g/mol. The second kappa shape index (κ2) is 6.97. The van der Waals surface area contributed by atoms with Crippen LogP contribution in [0.3, 0.4) is 0 Å². The third-order valence-electron chi connectivity index (χ3n) is 3.30. The molecule has 0 amide bonds. The topological polar surface area (TPSA) is 55.8 Å². The van der Waals surface area contributed by atoms with Crippen molar-refractivity contribution in [2.45, 2.75) is 32.1 Å². The fraction of sp³-hybridized carbons (Fsp3) is 0.533. The van der Waals surface area contributed by atoms with Gasteiger partial charge in [-0.1, -0.05) is 0 Å². The van der Waals surface area contributed by atoms with E-state index in [0.29, 0.717) is 24.5 Å². The van der Waals surface area contributed by atoms with Gasteiger partial charge >= 0.3 is 5.97 Å². The number of carboxylic acids is 1. The highest BCUT2D eigenvalue weighted by molar-refractivity contribution is 9.10. The first-order valence-electron chi connectivity index (χ1n) is 6.81. The summed E-state index contributed by atoms with van der Waals surface area (Å²) in [4.78, 5) is 10.6. The van der Waals surface area contributed by atoms with Crippen molar-refractivity contribution in [3.05, 3.63) is 22.2 Å². The summed E-state index contributed by atoms with van der Waals surface area (Å²) in [7, 11) is 1.62. The van der Waals surface area contributed by atoms with Gasteiger partial charge in [0.2, 0.25) is 0 Å². The van der Waals surface area contributed by atoms with Crippen molar-refractivity contribution in [2.24, 2.45) is 5.92 Å². The van der Waals surface area contributed by atoms with Crippen LogP contribution >= 0.6 is 15.9 Å². The van der Waals surface area contributed by atoms with Gasteiger partial charge in [-0.3, -0.25) is 4.79 Å². The highest BCUT2D eigenvalue weighted by Gasteiger charge is 2.23. The van der Waals surface area contributed by atoms with E-state index in [1.807, 2.05) is 12.1 Å². The SMILES string of the molecule is COc1c(Br)cc(CCCC(=O)O)cc1OCC1CC1. The molecule has 0 saturated heterocycles. The molecule has 0 atom stereocenters. The number of benzene rings is 1. The molecular formula is C15H19BrO4. The molecule has 0 unspecified atom stereocenters. The van der Waals surface area contributed by atoms with Gasteiger partial charge in [-0.25, -0.2) is 0 Å². The van der Waals surface area contributed by atoms with Gasteiger partial charge in [-0.05, 0) is 65.2 Å². The minimum atomic E-state index is -0.761. The summed E-state index contributed by atoms with van der Waals surface area (Å²) in [6, 6.07) is 3.92. The predicted molar refractivity (Wildman–Crippen MR) is 79.5 cm³/mol. The first-order chi connectivity index (χ1) is 9.60. The van der Waals surface area contributed by atoms with E-state index in [2.05, 4.69) is 15.9 Å². The molecule has 1 N–H and O–H groups in total. The maximum Gasteiger partial charge on any atom is 0.303 e. The van der Waals surface area contributed by atoms with E-state index in [9.17, 15) is 4.79 Å². The lowest BCUT2D eigenvalue weighted by atomic mass is 10.1. The van der Waals surface area contributed by atoms with Crippen molar-refractivity contribution in [2.75, 3.05) is 13.7 Å². The van der Waals surface area contributed by atoms with E-state index >= 15 is 0 Å². The zero-order chi connectivity index (χ0) is 14.5. The van der Waals surface area contributed by atoms with E-state index in [-0.39, 0.29) is 6.42 Å². The summed E-state index contributed by atoms with van der Waals surface area (Å²) >= 11 is 3.48. The van der Waals surface area contributed by atoms with Crippen LogP contribution in [0.4, 0.5) is 0 Å². The molecule has 1 aliphatic carbocycles. The van der Waals surface area contributed by atoms with Gasteiger partial charge in [0.25, 0.3) is 0 Å². The Morgan fingerprint density at radius 1 is 1.45 bits per heavy atom. The molecule has 0 aromatic heterocycles. The molecule has 0 aliphatic heterocycles. The largest absolute Gasteiger partial charge is 0.492 e. The maximum absolute atomic E-state index is 10.6. The Morgan fingerprint density at radius 2 is 2.20 bits per heavy atom. The van der Waals surface area contributed by atoms with Crippen LogP contribution in [-0.2, 0) is 11.2 Å². The summed E-state index contributed by atoms with van der Waals surface area (Å²) in [5, 5.41) is 8.68. The lowest BCUT2D eigenvalue weighted by molar-refractivity contribution is -0.137. The van der Waals surface area contributed by atoms with Gasteiger partial charge in [-0.2, -0.15) is 0 Å². The maximum atomic E-state index is 10.6. The Balaban J connectivity index is 2.05. The Labute approximate surface area is 127 Å². The minimum absolute atomic E-state index is 0.182. The molecule has 1 aliphatic rings. The zero-order valence-electron chi connectivity index (χ0n) is 11.5. The van der Waals surface area contributed by atoms with Gasteiger partial charge in [0, 0.05) is 6.42 Å². The van der Waals surface area contributed by atoms with Crippen molar-refractivity contribution < 1.29 is 19.4 Å². The van der Waals surface area contributed by atoms with E-state index in [1.54, 1.807) is 7.11 Å². The number of hydrogen-bond acceptors (Lipinski definition) is 3. The molecule has 1 aromatic rings. The number of carbonyl (C=O) groups is 1. The van der Waals surface area contributed by atoms with E-state index < -0.39 is 5.97 Å². The molecule has 0 heterocycles. The normalized spacial score (nSPS) is 14.1. The third-order valence-corrected chi connectivity index (χ3v) is 3.89. The summed E-state index contributed by atoms with van der Waals surface area (Å²) in [5.74, 6) is 1.35. The molecule has 2 rings (SSSR count). The average Bonchev–Trinajstić information content (AvgIpc) is 3.19. The number of carboxylic acid groups (broad SMARTS) is 1. The lowest BCUT2D eigenvalue weighted by Gasteiger charge is -2.14. The van der Waals surface area contributed by atoms with Crippen LogP contribution in [0.25, 0.3) is 0 Å². The van der Waals surface area contributed by atoms with E-state index in [4.69, 9.17) is 14.6 Å². The molecule has 0 radical (unpaired) electrons. The minimum Gasteiger partial charge on any atom is -0.492 e. The van der Waals surface area contributed by atoms with Crippen LogP contribution in [0.2, 0.25) is 0 Å². The molecule has 20 heavy (non-hydrogen) atoms. The molecule has 0 bridgehead atoms. The number of aryl methyl sites for hydroxylation is 1. The van der Waals surface area contributed by atoms with Crippen molar-refractivity contribution in [3.63, 3.8) is 0 Å². The van der Waals surface area contributed by atoms with Crippen molar-refractivity contribution in [3.8, 4) is 11.5 Å². The Bertz CT molecular complexity index is 483. The lowest BCUT2D eigenvalue weighted by Crippen LogP contribution is -2.02. The van der Waals surface area contributed by atoms with E-state index in [0.717, 1.165) is 22.4 Å². The van der Waals surface area contributed by atoms with Crippen molar-refractivity contribution in [1.29, 1.82) is 0 Å². The fourth-order valence-corrected chi connectivity index (χ4v) is 2.66.